The number of rotatable bonds is 3. The van der Waals surface area contributed by atoms with Crippen molar-refractivity contribution < 1.29 is 4.39 Å². The second-order valence-electron chi connectivity index (χ2n) is 4.27. The molecule has 0 heterocycles. The molecule has 1 fully saturated rings. The van der Waals surface area contributed by atoms with Gasteiger partial charge in [0.05, 0.1) is 4.47 Å². The van der Waals surface area contributed by atoms with Crippen molar-refractivity contribution >= 4 is 15.9 Å². The largest absolute Gasteiger partial charge is 0.330 e. The molecule has 1 aromatic rings. The molecule has 2 N–H and O–H groups in total. The van der Waals surface area contributed by atoms with Gasteiger partial charge < -0.3 is 5.73 Å². The smallest absolute Gasteiger partial charge is 0.137 e. The molecule has 1 aromatic carbocycles. The highest BCUT2D eigenvalue weighted by Gasteiger charge is 2.39. The molecule has 0 aliphatic heterocycles. The summed E-state index contributed by atoms with van der Waals surface area (Å²) in [7, 11) is 0. The lowest BCUT2D eigenvalue weighted by Gasteiger charge is -2.43. The number of hydrogen-bond donors (Lipinski definition) is 1. The minimum Gasteiger partial charge on any atom is -0.330 e. The van der Waals surface area contributed by atoms with Crippen molar-refractivity contribution in [2.24, 2.45) is 5.73 Å². The van der Waals surface area contributed by atoms with Crippen LogP contribution in [0, 0.1) is 5.82 Å². The predicted molar refractivity (Wildman–Crippen MR) is 63.3 cm³/mol. The molecule has 0 aromatic heterocycles. The second-order valence-corrected chi connectivity index (χ2v) is 5.07. The lowest BCUT2D eigenvalue weighted by molar-refractivity contribution is 0.227. The fraction of sp³-hybridized carbons (Fsp3) is 0.500. The van der Waals surface area contributed by atoms with Gasteiger partial charge in [0.25, 0.3) is 0 Å². The normalized spacial score (nSPS) is 18.6. The van der Waals surface area contributed by atoms with E-state index in [1.807, 2.05) is 6.07 Å². The maximum absolute atomic E-state index is 13.4. The van der Waals surface area contributed by atoms with Gasteiger partial charge >= 0.3 is 0 Å². The molecule has 0 bridgehead atoms. The van der Waals surface area contributed by atoms with Crippen LogP contribution in [0.4, 0.5) is 4.39 Å². The van der Waals surface area contributed by atoms with Gasteiger partial charge in [-0.25, -0.2) is 4.39 Å². The lowest BCUT2D eigenvalue weighted by Crippen LogP contribution is -2.36. The predicted octanol–water partition coefficient (Wildman–Crippen LogP) is 3.36. The maximum atomic E-state index is 13.4. The molecular formula is C12H15BrFN. The van der Waals surface area contributed by atoms with Gasteiger partial charge in [-0.15, -0.1) is 0 Å². The van der Waals surface area contributed by atoms with Crippen LogP contribution in [0.2, 0.25) is 0 Å². The topological polar surface area (TPSA) is 26.0 Å². The standard InChI is InChI=1S/C12H15BrFN/c13-11-9(3-1-4-10(11)14)12(7-8-15)5-2-6-12/h1,3-4H,2,5-8,15H2. The fourth-order valence-electron chi connectivity index (χ4n) is 2.45. The molecule has 0 spiro atoms. The van der Waals surface area contributed by atoms with E-state index in [0.717, 1.165) is 24.8 Å². The van der Waals surface area contributed by atoms with Crippen molar-refractivity contribution in [1.82, 2.24) is 0 Å². The van der Waals surface area contributed by atoms with Crippen molar-refractivity contribution in [3.8, 4) is 0 Å². The van der Waals surface area contributed by atoms with Gasteiger partial charge in [0.2, 0.25) is 0 Å². The van der Waals surface area contributed by atoms with Gasteiger partial charge in [0.15, 0.2) is 0 Å². The van der Waals surface area contributed by atoms with E-state index in [2.05, 4.69) is 15.9 Å². The van der Waals surface area contributed by atoms with Gasteiger partial charge in [0, 0.05) is 0 Å². The van der Waals surface area contributed by atoms with Crippen LogP contribution in [0.1, 0.15) is 31.2 Å². The minimum absolute atomic E-state index is 0.135. The molecule has 0 unspecified atom stereocenters. The van der Waals surface area contributed by atoms with Crippen molar-refractivity contribution in [2.45, 2.75) is 31.1 Å². The Morgan fingerprint density at radius 1 is 1.40 bits per heavy atom. The van der Waals surface area contributed by atoms with Gasteiger partial charge in [-0.2, -0.15) is 0 Å². The first-order valence-corrected chi connectivity index (χ1v) is 6.13. The summed E-state index contributed by atoms with van der Waals surface area (Å²) in [5.74, 6) is -0.171. The first kappa shape index (κ1) is 11.1. The highest BCUT2D eigenvalue weighted by molar-refractivity contribution is 9.10. The van der Waals surface area contributed by atoms with E-state index in [1.165, 1.54) is 12.5 Å². The zero-order valence-electron chi connectivity index (χ0n) is 8.60. The average molecular weight is 272 g/mol. The van der Waals surface area contributed by atoms with Gasteiger partial charge in [-0.1, -0.05) is 18.6 Å². The molecule has 0 amide bonds. The summed E-state index contributed by atoms with van der Waals surface area (Å²) in [6.45, 7) is 0.670. The van der Waals surface area contributed by atoms with Crippen LogP contribution in [-0.2, 0) is 5.41 Å². The first-order valence-electron chi connectivity index (χ1n) is 5.34. The molecule has 1 saturated carbocycles. The van der Waals surface area contributed by atoms with E-state index in [0.29, 0.717) is 11.0 Å². The molecule has 0 atom stereocenters. The Hall–Kier alpha value is -0.410. The Labute approximate surface area is 98.0 Å². The molecule has 3 heteroatoms. The molecule has 0 saturated heterocycles. The van der Waals surface area contributed by atoms with Crippen LogP contribution in [-0.4, -0.2) is 6.54 Å². The van der Waals surface area contributed by atoms with Crippen molar-refractivity contribution in [2.75, 3.05) is 6.54 Å². The van der Waals surface area contributed by atoms with Crippen LogP contribution in [0.3, 0.4) is 0 Å². The van der Waals surface area contributed by atoms with Gasteiger partial charge in [-0.3, -0.25) is 0 Å². The molecule has 0 radical (unpaired) electrons. The summed E-state index contributed by atoms with van der Waals surface area (Å²) in [5.41, 5.74) is 6.87. The Kier molecular flexibility index (Phi) is 3.12. The highest BCUT2D eigenvalue weighted by Crippen LogP contribution is 2.48. The molecule has 2 rings (SSSR count). The van der Waals surface area contributed by atoms with Crippen LogP contribution < -0.4 is 5.73 Å². The van der Waals surface area contributed by atoms with E-state index in [1.54, 1.807) is 6.07 Å². The third kappa shape index (κ3) is 1.83. The Morgan fingerprint density at radius 2 is 2.13 bits per heavy atom. The summed E-state index contributed by atoms with van der Waals surface area (Å²) in [5, 5.41) is 0. The SMILES string of the molecule is NCCC1(c2cccc(F)c2Br)CCC1. The zero-order valence-corrected chi connectivity index (χ0v) is 10.2. The maximum Gasteiger partial charge on any atom is 0.137 e. The molecule has 1 aliphatic rings. The Balaban J connectivity index is 2.38. The fourth-order valence-corrected chi connectivity index (χ4v) is 3.13. The third-order valence-electron chi connectivity index (χ3n) is 3.46. The van der Waals surface area contributed by atoms with Crippen LogP contribution in [0.5, 0.6) is 0 Å². The number of halogens is 2. The Bertz CT molecular complexity index is 361. The Morgan fingerprint density at radius 3 is 2.67 bits per heavy atom. The highest BCUT2D eigenvalue weighted by atomic mass is 79.9. The van der Waals surface area contributed by atoms with E-state index < -0.39 is 0 Å². The number of nitrogens with two attached hydrogens (primary N) is 1. The zero-order chi connectivity index (χ0) is 10.9. The summed E-state index contributed by atoms with van der Waals surface area (Å²) in [6.07, 6.45) is 4.44. The lowest BCUT2D eigenvalue weighted by atomic mass is 9.62. The first-order chi connectivity index (χ1) is 7.19. The van der Waals surface area contributed by atoms with E-state index in [4.69, 9.17) is 5.73 Å². The molecular weight excluding hydrogens is 257 g/mol. The van der Waals surface area contributed by atoms with Crippen LogP contribution in [0.25, 0.3) is 0 Å². The van der Waals surface area contributed by atoms with Gasteiger partial charge in [0.1, 0.15) is 5.82 Å². The van der Waals surface area contributed by atoms with Crippen LogP contribution in [0.15, 0.2) is 22.7 Å². The third-order valence-corrected chi connectivity index (χ3v) is 4.26. The van der Waals surface area contributed by atoms with Crippen molar-refractivity contribution in [3.05, 3.63) is 34.1 Å². The summed E-state index contributed by atoms with van der Waals surface area (Å²) in [6, 6.07) is 5.29. The van der Waals surface area contributed by atoms with Crippen LogP contribution >= 0.6 is 15.9 Å². The van der Waals surface area contributed by atoms with Crippen molar-refractivity contribution in [3.63, 3.8) is 0 Å². The van der Waals surface area contributed by atoms with E-state index in [-0.39, 0.29) is 11.2 Å². The minimum atomic E-state index is -0.171. The molecule has 82 valence electrons. The summed E-state index contributed by atoms with van der Waals surface area (Å²) in [4.78, 5) is 0. The quantitative estimate of drug-likeness (QED) is 0.897. The summed E-state index contributed by atoms with van der Waals surface area (Å²) >= 11 is 3.34. The second kappa shape index (κ2) is 4.22. The van der Waals surface area contributed by atoms with Gasteiger partial charge in [-0.05, 0) is 58.8 Å². The van der Waals surface area contributed by atoms with E-state index in [9.17, 15) is 4.39 Å². The summed E-state index contributed by atoms with van der Waals surface area (Å²) < 4.78 is 14.1. The molecule has 1 aliphatic carbocycles. The van der Waals surface area contributed by atoms with Crippen molar-refractivity contribution in [1.29, 1.82) is 0 Å². The number of benzene rings is 1. The average Bonchev–Trinajstić information content (AvgIpc) is 2.17. The monoisotopic (exact) mass is 271 g/mol. The molecule has 1 nitrogen and oxygen atoms in total. The molecule has 15 heavy (non-hydrogen) atoms. The van der Waals surface area contributed by atoms with E-state index >= 15 is 0 Å². The number of hydrogen-bond acceptors (Lipinski definition) is 1.